The number of aliphatic hydroxyl groups excluding tert-OH is 3. The van der Waals surface area contributed by atoms with E-state index in [1.165, 1.54) is 12.8 Å². The number of carbonyl (C=O) groups is 2. The summed E-state index contributed by atoms with van der Waals surface area (Å²) >= 11 is 0. The molecular formula is C19H36O7. The van der Waals surface area contributed by atoms with Gasteiger partial charge in [-0.1, -0.05) is 46.3 Å². The predicted molar refractivity (Wildman–Crippen MR) is 101 cm³/mol. The van der Waals surface area contributed by atoms with E-state index in [1.807, 2.05) is 0 Å². The summed E-state index contributed by atoms with van der Waals surface area (Å²) in [7, 11) is 0. The first kappa shape index (κ1) is 29.1. The van der Waals surface area contributed by atoms with Crippen LogP contribution in [0.5, 0.6) is 0 Å². The highest BCUT2D eigenvalue weighted by atomic mass is 16.5. The number of rotatable bonds is 11. The Morgan fingerprint density at radius 2 is 1.65 bits per heavy atom. The van der Waals surface area contributed by atoms with Crippen LogP contribution in [0, 0.1) is 5.92 Å². The minimum absolute atomic E-state index is 0.0465. The van der Waals surface area contributed by atoms with Crippen molar-refractivity contribution in [2.75, 3.05) is 33.0 Å². The highest BCUT2D eigenvalue weighted by molar-refractivity contribution is 5.86. The van der Waals surface area contributed by atoms with Crippen molar-refractivity contribution in [3.63, 3.8) is 0 Å². The molecule has 0 aromatic carbocycles. The van der Waals surface area contributed by atoms with E-state index >= 15 is 0 Å². The minimum atomic E-state index is -0.501. The Kier molecular flexibility index (Phi) is 26.1. The number of aliphatic hydroxyl groups is 3. The average Bonchev–Trinajstić information content (AvgIpc) is 2.66. The molecule has 0 fully saturated rings. The molecule has 0 aliphatic rings. The lowest BCUT2D eigenvalue weighted by atomic mass is 10.0. The molecule has 3 N–H and O–H groups in total. The van der Waals surface area contributed by atoms with Crippen molar-refractivity contribution in [2.24, 2.45) is 5.92 Å². The SMILES string of the molecule is C=C(C)C(=O)OCC(CC)CCCC.C=CC(=O)OCCO.OCCO. The first-order chi connectivity index (χ1) is 12.3. The molecule has 0 aromatic rings. The standard InChI is InChI=1S/C12H22O2.C5H8O3.C2H6O2/c1-5-7-8-11(6-2)9-14-12(13)10(3)4;1-2-5(7)8-4-3-6;3-1-2-4/h11H,3,5-9H2,1-2,4H3;2,6H,1,3-4H2;3-4H,1-2H2. The van der Waals surface area contributed by atoms with Crippen LogP contribution in [0.1, 0.15) is 46.5 Å². The van der Waals surface area contributed by atoms with Gasteiger partial charge in [-0.2, -0.15) is 0 Å². The zero-order valence-electron chi connectivity index (χ0n) is 16.4. The first-order valence-corrected chi connectivity index (χ1v) is 8.78. The van der Waals surface area contributed by atoms with Crippen LogP contribution in [0.2, 0.25) is 0 Å². The number of hydrogen-bond acceptors (Lipinski definition) is 7. The van der Waals surface area contributed by atoms with Crippen LogP contribution in [0.15, 0.2) is 24.8 Å². The third-order valence-corrected chi connectivity index (χ3v) is 2.94. The molecule has 0 heterocycles. The summed E-state index contributed by atoms with van der Waals surface area (Å²) in [5.74, 6) is -0.253. The van der Waals surface area contributed by atoms with Crippen molar-refractivity contribution in [2.45, 2.75) is 46.5 Å². The monoisotopic (exact) mass is 376 g/mol. The van der Waals surface area contributed by atoms with Gasteiger partial charge in [0.25, 0.3) is 0 Å². The molecule has 7 heteroatoms. The summed E-state index contributed by atoms with van der Waals surface area (Å²) in [6.07, 6.45) is 5.68. The van der Waals surface area contributed by atoms with Gasteiger partial charge in [-0.3, -0.25) is 0 Å². The number of hydrogen-bond donors (Lipinski definition) is 3. The maximum atomic E-state index is 11.1. The fourth-order valence-corrected chi connectivity index (χ4v) is 1.42. The molecule has 26 heavy (non-hydrogen) atoms. The predicted octanol–water partition coefficient (Wildman–Crippen LogP) is 2.00. The second-order valence-electron chi connectivity index (χ2n) is 5.34. The van der Waals surface area contributed by atoms with Crippen LogP contribution in [0.3, 0.4) is 0 Å². The molecule has 0 aromatic heterocycles. The summed E-state index contributed by atoms with van der Waals surface area (Å²) in [6, 6.07) is 0. The Morgan fingerprint density at radius 1 is 1.08 bits per heavy atom. The lowest BCUT2D eigenvalue weighted by Gasteiger charge is -2.14. The van der Waals surface area contributed by atoms with Crippen molar-refractivity contribution in [1.29, 1.82) is 0 Å². The zero-order valence-corrected chi connectivity index (χ0v) is 16.4. The quantitative estimate of drug-likeness (QED) is 0.373. The van der Waals surface area contributed by atoms with E-state index in [0.717, 1.165) is 18.9 Å². The van der Waals surface area contributed by atoms with Crippen molar-refractivity contribution in [3.05, 3.63) is 24.8 Å². The van der Waals surface area contributed by atoms with Crippen molar-refractivity contribution in [1.82, 2.24) is 0 Å². The van der Waals surface area contributed by atoms with Crippen LogP contribution in [-0.4, -0.2) is 60.3 Å². The smallest absolute Gasteiger partial charge is 0.333 e. The molecule has 0 amide bonds. The lowest BCUT2D eigenvalue weighted by molar-refractivity contribution is -0.140. The number of carbonyl (C=O) groups excluding carboxylic acids is 2. The van der Waals surface area contributed by atoms with Crippen molar-refractivity contribution < 1.29 is 34.4 Å². The van der Waals surface area contributed by atoms with E-state index in [0.29, 0.717) is 18.1 Å². The maximum Gasteiger partial charge on any atom is 0.333 e. The summed E-state index contributed by atoms with van der Waals surface area (Å²) in [5.41, 5.74) is 0.482. The molecule has 1 atom stereocenters. The van der Waals surface area contributed by atoms with E-state index in [9.17, 15) is 9.59 Å². The number of ether oxygens (including phenoxy) is 2. The summed E-state index contributed by atoms with van der Waals surface area (Å²) in [5, 5.41) is 23.3. The van der Waals surface area contributed by atoms with Crippen LogP contribution in [-0.2, 0) is 19.1 Å². The van der Waals surface area contributed by atoms with E-state index < -0.39 is 5.97 Å². The second kappa shape index (κ2) is 23.3. The summed E-state index contributed by atoms with van der Waals surface area (Å²) < 4.78 is 9.45. The van der Waals surface area contributed by atoms with Crippen LogP contribution < -0.4 is 0 Å². The number of unbranched alkanes of at least 4 members (excludes halogenated alkanes) is 1. The van der Waals surface area contributed by atoms with Crippen LogP contribution in [0.25, 0.3) is 0 Å². The van der Waals surface area contributed by atoms with Crippen molar-refractivity contribution in [3.8, 4) is 0 Å². The van der Waals surface area contributed by atoms with E-state index in [-0.39, 0.29) is 32.4 Å². The number of esters is 2. The van der Waals surface area contributed by atoms with Gasteiger partial charge in [0.05, 0.1) is 26.4 Å². The normalized spacial score (nSPS) is 10.2. The topological polar surface area (TPSA) is 113 Å². The molecule has 0 radical (unpaired) electrons. The van der Waals surface area contributed by atoms with Gasteiger partial charge < -0.3 is 24.8 Å². The average molecular weight is 376 g/mol. The third-order valence-electron chi connectivity index (χ3n) is 2.94. The molecule has 7 nitrogen and oxygen atoms in total. The van der Waals surface area contributed by atoms with Gasteiger partial charge in [0.1, 0.15) is 6.61 Å². The zero-order chi connectivity index (χ0) is 20.8. The van der Waals surface area contributed by atoms with Gasteiger partial charge in [0.15, 0.2) is 0 Å². The Hall–Kier alpha value is -1.70. The molecule has 0 saturated carbocycles. The molecule has 1 unspecified atom stereocenters. The maximum absolute atomic E-state index is 11.1. The Bertz CT molecular complexity index is 365. The lowest BCUT2D eigenvalue weighted by Crippen LogP contribution is -2.14. The van der Waals surface area contributed by atoms with E-state index in [2.05, 4.69) is 31.7 Å². The molecule has 0 rings (SSSR count). The Balaban J connectivity index is -0.000000370. The summed E-state index contributed by atoms with van der Waals surface area (Å²) in [4.78, 5) is 21.2. The van der Waals surface area contributed by atoms with Crippen LogP contribution in [0.4, 0.5) is 0 Å². The van der Waals surface area contributed by atoms with Gasteiger partial charge in [-0.15, -0.1) is 0 Å². The van der Waals surface area contributed by atoms with Crippen LogP contribution >= 0.6 is 0 Å². The van der Waals surface area contributed by atoms with E-state index in [1.54, 1.807) is 6.92 Å². The molecule has 0 bridgehead atoms. The first-order valence-electron chi connectivity index (χ1n) is 8.78. The molecule has 0 aliphatic heterocycles. The highest BCUT2D eigenvalue weighted by Crippen LogP contribution is 2.13. The van der Waals surface area contributed by atoms with Gasteiger partial charge >= 0.3 is 11.9 Å². The van der Waals surface area contributed by atoms with Crippen molar-refractivity contribution >= 4 is 11.9 Å². The molecule has 0 spiro atoms. The summed E-state index contributed by atoms with van der Waals surface area (Å²) in [6.45, 7) is 12.9. The fourth-order valence-electron chi connectivity index (χ4n) is 1.42. The molecule has 154 valence electrons. The second-order valence-corrected chi connectivity index (χ2v) is 5.34. The third kappa shape index (κ3) is 24.6. The fraction of sp³-hybridized carbons (Fsp3) is 0.684. The van der Waals surface area contributed by atoms with Gasteiger partial charge in [-0.05, 0) is 19.3 Å². The minimum Gasteiger partial charge on any atom is -0.462 e. The Morgan fingerprint density at radius 3 is 2.00 bits per heavy atom. The van der Waals surface area contributed by atoms with Gasteiger partial charge in [0, 0.05) is 11.6 Å². The highest BCUT2D eigenvalue weighted by Gasteiger charge is 2.09. The van der Waals surface area contributed by atoms with Gasteiger partial charge in [-0.25, -0.2) is 9.59 Å². The van der Waals surface area contributed by atoms with E-state index in [4.69, 9.17) is 20.1 Å². The Labute approximate surface area is 157 Å². The molecule has 0 saturated heterocycles. The molecular weight excluding hydrogens is 340 g/mol. The largest absolute Gasteiger partial charge is 0.462 e. The van der Waals surface area contributed by atoms with Gasteiger partial charge in [0.2, 0.25) is 0 Å². The molecule has 0 aliphatic carbocycles.